The van der Waals surface area contributed by atoms with Gasteiger partial charge in [0.15, 0.2) is 0 Å². The molecule has 0 radical (unpaired) electrons. The van der Waals surface area contributed by atoms with Crippen LogP contribution in [0.4, 0.5) is 14.9 Å². The highest BCUT2D eigenvalue weighted by Gasteiger charge is 2.05. The number of nitrogens with one attached hydrogen (secondary N) is 2. The molecule has 110 valence electrons. The summed E-state index contributed by atoms with van der Waals surface area (Å²) in [7, 11) is 0. The molecule has 0 aliphatic carbocycles. The van der Waals surface area contributed by atoms with Gasteiger partial charge in [-0.05, 0) is 29.0 Å². The molecule has 0 aromatic heterocycles. The molecule has 3 rings (SSSR count). The molecule has 3 aromatic carbocycles. The molecular weight excluding hydrogens is 279 g/mol. The van der Waals surface area contributed by atoms with Crippen LogP contribution in [-0.4, -0.2) is 6.03 Å². The van der Waals surface area contributed by atoms with Crippen LogP contribution >= 0.6 is 0 Å². The Balaban J connectivity index is 1.64. The second-order valence-corrected chi connectivity index (χ2v) is 4.96. The van der Waals surface area contributed by atoms with E-state index in [4.69, 9.17) is 0 Å². The van der Waals surface area contributed by atoms with Gasteiger partial charge >= 0.3 is 6.03 Å². The van der Waals surface area contributed by atoms with Crippen molar-refractivity contribution in [2.45, 2.75) is 6.54 Å². The van der Waals surface area contributed by atoms with Crippen LogP contribution in [0.5, 0.6) is 0 Å². The maximum absolute atomic E-state index is 13.5. The molecule has 0 bridgehead atoms. The van der Waals surface area contributed by atoms with Crippen LogP contribution in [0.3, 0.4) is 0 Å². The van der Waals surface area contributed by atoms with Crippen molar-refractivity contribution in [1.29, 1.82) is 0 Å². The van der Waals surface area contributed by atoms with Gasteiger partial charge in [-0.25, -0.2) is 9.18 Å². The zero-order valence-corrected chi connectivity index (χ0v) is 11.8. The minimum Gasteiger partial charge on any atom is -0.334 e. The molecule has 0 fully saturated rings. The first-order chi connectivity index (χ1) is 10.7. The lowest BCUT2D eigenvalue weighted by Gasteiger charge is -2.09. The summed E-state index contributed by atoms with van der Waals surface area (Å²) in [6.45, 7) is 0.145. The number of urea groups is 1. The molecule has 0 atom stereocenters. The van der Waals surface area contributed by atoms with Gasteiger partial charge in [0, 0.05) is 17.8 Å². The van der Waals surface area contributed by atoms with Gasteiger partial charge in [-0.3, -0.25) is 0 Å². The zero-order chi connectivity index (χ0) is 15.4. The molecule has 4 heteroatoms. The number of amides is 2. The summed E-state index contributed by atoms with van der Waals surface area (Å²) in [5, 5.41) is 7.56. The first kappa shape index (κ1) is 14.1. The lowest BCUT2D eigenvalue weighted by atomic mass is 10.1. The van der Waals surface area contributed by atoms with E-state index >= 15 is 0 Å². The minimum absolute atomic E-state index is 0.145. The fraction of sp³-hybridized carbons (Fsp3) is 0.0556. The largest absolute Gasteiger partial charge is 0.334 e. The van der Waals surface area contributed by atoms with Crippen molar-refractivity contribution >= 4 is 22.5 Å². The van der Waals surface area contributed by atoms with Crippen LogP contribution in [0.15, 0.2) is 66.7 Å². The van der Waals surface area contributed by atoms with Gasteiger partial charge in [-0.15, -0.1) is 0 Å². The van der Waals surface area contributed by atoms with Crippen LogP contribution in [-0.2, 0) is 6.54 Å². The van der Waals surface area contributed by atoms with Crippen LogP contribution in [0.1, 0.15) is 5.56 Å². The number of fused-ring (bicyclic) bond motifs is 1. The molecule has 3 aromatic rings. The number of rotatable bonds is 3. The third kappa shape index (κ3) is 3.23. The van der Waals surface area contributed by atoms with Gasteiger partial charge in [0.2, 0.25) is 0 Å². The molecule has 0 heterocycles. The summed E-state index contributed by atoms with van der Waals surface area (Å²) in [6.07, 6.45) is 0. The molecule has 0 aliphatic rings. The number of carbonyl (C=O) groups excluding carboxylic acids is 1. The Morgan fingerprint density at radius 3 is 2.45 bits per heavy atom. The van der Waals surface area contributed by atoms with E-state index in [9.17, 15) is 9.18 Å². The fourth-order valence-corrected chi connectivity index (χ4v) is 2.26. The van der Waals surface area contributed by atoms with Crippen molar-refractivity contribution in [3.63, 3.8) is 0 Å². The summed E-state index contributed by atoms with van der Waals surface area (Å²) >= 11 is 0. The van der Waals surface area contributed by atoms with E-state index in [1.54, 1.807) is 18.2 Å². The highest BCUT2D eigenvalue weighted by atomic mass is 19.1. The molecule has 0 aliphatic heterocycles. The predicted octanol–water partition coefficient (Wildman–Crippen LogP) is 4.30. The van der Waals surface area contributed by atoms with E-state index < -0.39 is 0 Å². The molecule has 3 nitrogen and oxygen atoms in total. The quantitative estimate of drug-likeness (QED) is 0.743. The SMILES string of the molecule is O=C(NCc1ccccc1F)Nc1ccc2ccccc2c1. The predicted molar refractivity (Wildman–Crippen MR) is 86.2 cm³/mol. The lowest BCUT2D eigenvalue weighted by Crippen LogP contribution is -2.28. The van der Waals surface area contributed by atoms with Gasteiger partial charge in [0.25, 0.3) is 0 Å². The van der Waals surface area contributed by atoms with Crippen LogP contribution in [0, 0.1) is 5.82 Å². The number of carbonyl (C=O) groups is 1. The monoisotopic (exact) mass is 294 g/mol. The molecule has 0 unspecified atom stereocenters. The number of benzene rings is 3. The number of halogens is 1. The Labute approximate surface area is 127 Å². The van der Waals surface area contributed by atoms with E-state index in [0.29, 0.717) is 11.3 Å². The van der Waals surface area contributed by atoms with Crippen molar-refractivity contribution in [2.75, 3.05) is 5.32 Å². The Hall–Kier alpha value is -2.88. The van der Waals surface area contributed by atoms with E-state index in [1.165, 1.54) is 6.07 Å². The van der Waals surface area contributed by atoms with Crippen LogP contribution < -0.4 is 10.6 Å². The van der Waals surface area contributed by atoms with Crippen molar-refractivity contribution < 1.29 is 9.18 Å². The van der Waals surface area contributed by atoms with Gasteiger partial charge in [-0.1, -0.05) is 48.5 Å². The number of hydrogen-bond acceptors (Lipinski definition) is 1. The topological polar surface area (TPSA) is 41.1 Å². The summed E-state index contributed by atoms with van der Waals surface area (Å²) in [5.74, 6) is -0.325. The van der Waals surface area contributed by atoms with Gasteiger partial charge in [-0.2, -0.15) is 0 Å². The summed E-state index contributed by atoms with van der Waals surface area (Å²) in [6, 6.07) is 19.6. The third-order valence-corrected chi connectivity index (χ3v) is 3.40. The smallest absolute Gasteiger partial charge is 0.319 e. The fourth-order valence-electron chi connectivity index (χ4n) is 2.26. The van der Waals surface area contributed by atoms with Gasteiger partial charge in [0.05, 0.1) is 0 Å². The Bertz CT molecular complexity index is 817. The average Bonchev–Trinajstić information content (AvgIpc) is 2.54. The van der Waals surface area contributed by atoms with E-state index in [0.717, 1.165) is 10.8 Å². The van der Waals surface area contributed by atoms with Crippen molar-refractivity contribution in [2.24, 2.45) is 0 Å². The van der Waals surface area contributed by atoms with E-state index in [1.807, 2.05) is 42.5 Å². The first-order valence-corrected chi connectivity index (χ1v) is 6.99. The molecule has 0 saturated carbocycles. The number of anilines is 1. The molecular formula is C18H15FN2O. The lowest BCUT2D eigenvalue weighted by molar-refractivity contribution is 0.251. The maximum Gasteiger partial charge on any atom is 0.319 e. The molecule has 0 spiro atoms. The highest BCUT2D eigenvalue weighted by Crippen LogP contribution is 2.18. The second kappa shape index (κ2) is 6.26. The molecule has 0 saturated heterocycles. The summed E-state index contributed by atoms with van der Waals surface area (Å²) in [4.78, 5) is 11.9. The normalized spacial score (nSPS) is 10.4. The summed E-state index contributed by atoms with van der Waals surface area (Å²) in [5.41, 5.74) is 1.15. The second-order valence-electron chi connectivity index (χ2n) is 4.96. The summed E-state index contributed by atoms with van der Waals surface area (Å²) < 4.78 is 13.5. The van der Waals surface area contributed by atoms with Gasteiger partial charge in [0.1, 0.15) is 5.82 Å². The standard InChI is InChI=1S/C18H15FN2O/c19-17-8-4-3-7-15(17)12-20-18(22)21-16-10-9-13-5-1-2-6-14(13)11-16/h1-11H,12H2,(H2,20,21,22). The number of hydrogen-bond donors (Lipinski definition) is 2. The third-order valence-electron chi connectivity index (χ3n) is 3.40. The molecule has 22 heavy (non-hydrogen) atoms. The Morgan fingerprint density at radius 2 is 1.64 bits per heavy atom. The highest BCUT2D eigenvalue weighted by molar-refractivity contribution is 5.93. The molecule has 2 N–H and O–H groups in total. The van der Waals surface area contributed by atoms with Crippen LogP contribution in [0.25, 0.3) is 10.8 Å². The van der Waals surface area contributed by atoms with Crippen LogP contribution in [0.2, 0.25) is 0 Å². The van der Waals surface area contributed by atoms with Crippen molar-refractivity contribution in [1.82, 2.24) is 5.32 Å². The van der Waals surface area contributed by atoms with Crippen molar-refractivity contribution in [3.05, 3.63) is 78.1 Å². The zero-order valence-electron chi connectivity index (χ0n) is 11.8. The maximum atomic E-state index is 13.5. The first-order valence-electron chi connectivity index (χ1n) is 6.99. The van der Waals surface area contributed by atoms with E-state index in [2.05, 4.69) is 10.6 Å². The Morgan fingerprint density at radius 1 is 0.909 bits per heavy atom. The average molecular weight is 294 g/mol. The van der Waals surface area contributed by atoms with E-state index in [-0.39, 0.29) is 18.4 Å². The van der Waals surface area contributed by atoms with Gasteiger partial charge < -0.3 is 10.6 Å². The van der Waals surface area contributed by atoms with Crippen molar-refractivity contribution in [3.8, 4) is 0 Å². The molecule has 2 amide bonds. The minimum atomic E-state index is -0.362. The Kier molecular flexibility index (Phi) is 4.01.